The predicted octanol–water partition coefficient (Wildman–Crippen LogP) is 1.24. The average molecular weight is 206 g/mol. The Bertz CT molecular complexity index is 300. The molecule has 0 aromatic rings. The van der Waals surface area contributed by atoms with Gasteiger partial charge in [-0.15, -0.1) is 0 Å². The Balaban J connectivity index is 4.42. The van der Waals surface area contributed by atoms with E-state index in [-0.39, 0.29) is 5.75 Å². The minimum atomic E-state index is -3.67. The Kier molecular flexibility index (Phi) is 4.69. The standard InChI is InChI=1S/C8H14O4S/c1-4-6-7(3)8(9)12-13(10,11)5-2/h6H,4-5H2,1-3H3/b7-6+. The summed E-state index contributed by atoms with van der Waals surface area (Å²) < 4.78 is 26.0. The van der Waals surface area contributed by atoms with Crippen molar-refractivity contribution in [1.82, 2.24) is 0 Å². The monoisotopic (exact) mass is 206 g/mol. The molecule has 0 rings (SSSR count). The van der Waals surface area contributed by atoms with Gasteiger partial charge in [0.15, 0.2) is 0 Å². The Hall–Kier alpha value is -0.840. The lowest BCUT2D eigenvalue weighted by molar-refractivity contribution is -0.129. The van der Waals surface area contributed by atoms with Crippen LogP contribution in [0.5, 0.6) is 0 Å². The van der Waals surface area contributed by atoms with Crippen molar-refractivity contribution in [2.75, 3.05) is 5.75 Å². The molecule has 0 N–H and O–H groups in total. The van der Waals surface area contributed by atoms with Gasteiger partial charge in [0.25, 0.3) is 0 Å². The van der Waals surface area contributed by atoms with E-state index in [9.17, 15) is 13.2 Å². The van der Waals surface area contributed by atoms with Gasteiger partial charge < -0.3 is 4.18 Å². The second-order valence-corrected chi connectivity index (χ2v) is 4.37. The molecule has 13 heavy (non-hydrogen) atoms. The summed E-state index contributed by atoms with van der Waals surface area (Å²) in [7, 11) is -3.67. The smallest absolute Gasteiger partial charge is 0.342 e. The van der Waals surface area contributed by atoms with Gasteiger partial charge in [-0.3, -0.25) is 0 Å². The van der Waals surface area contributed by atoms with E-state index in [0.717, 1.165) is 0 Å². The van der Waals surface area contributed by atoms with Crippen LogP contribution in [-0.4, -0.2) is 20.1 Å². The number of carbonyl (C=O) groups excluding carboxylic acids is 1. The lowest BCUT2D eigenvalue weighted by Crippen LogP contribution is -2.15. The van der Waals surface area contributed by atoms with Crippen molar-refractivity contribution in [2.45, 2.75) is 27.2 Å². The molecule has 0 unspecified atom stereocenters. The first-order chi connectivity index (χ1) is 5.93. The summed E-state index contributed by atoms with van der Waals surface area (Å²) in [5.41, 5.74) is 0.319. The Labute approximate surface area is 78.7 Å². The maximum Gasteiger partial charge on any atom is 0.349 e. The van der Waals surface area contributed by atoms with Crippen LogP contribution in [0.2, 0.25) is 0 Å². The van der Waals surface area contributed by atoms with Gasteiger partial charge in [0.05, 0.1) is 5.75 Å². The van der Waals surface area contributed by atoms with Crippen LogP contribution in [-0.2, 0) is 19.1 Å². The summed E-state index contributed by atoms with van der Waals surface area (Å²) in [6.45, 7) is 4.80. The van der Waals surface area contributed by atoms with Crippen LogP contribution in [0.25, 0.3) is 0 Å². The molecule has 0 saturated carbocycles. The maximum atomic E-state index is 11.0. The molecule has 0 saturated heterocycles. The molecule has 0 heterocycles. The largest absolute Gasteiger partial charge is 0.349 e. The van der Waals surface area contributed by atoms with Crippen molar-refractivity contribution in [2.24, 2.45) is 0 Å². The molecule has 0 radical (unpaired) electrons. The molecule has 4 nitrogen and oxygen atoms in total. The first kappa shape index (κ1) is 12.2. The van der Waals surface area contributed by atoms with Crippen LogP contribution >= 0.6 is 0 Å². The van der Waals surface area contributed by atoms with Crippen molar-refractivity contribution in [3.8, 4) is 0 Å². The maximum absolute atomic E-state index is 11.0. The third-order valence-electron chi connectivity index (χ3n) is 1.39. The molecule has 0 aliphatic rings. The van der Waals surface area contributed by atoms with Crippen LogP contribution in [0.3, 0.4) is 0 Å². The van der Waals surface area contributed by atoms with E-state index in [1.54, 1.807) is 6.08 Å². The zero-order valence-electron chi connectivity index (χ0n) is 8.03. The molecule has 0 amide bonds. The van der Waals surface area contributed by atoms with E-state index >= 15 is 0 Å². The van der Waals surface area contributed by atoms with Crippen molar-refractivity contribution >= 4 is 16.1 Å². The van der Waals surface area contributed by atoms with E-state index in [1.165, 1.54) is 13.8 Å². The minimum Gasteiger partial charge on any atom is -0.342 e. The van der Waals surface area contributed by atoms with E-state index in [2.05, 4.69) is 4.18 Å². The number of hydrogen-bond donors (Lipinski definition) is 0. The Morgan fingerprint density at radius 2 is 1.92 bits per heavy atom. The molecule has 0 aliphatic carbocycles. The van der Waals surface area contributed by atoms with E-state index in [1.807, 2.05) is 6.92 Å². The molecule has 0 spiro atoms. The molecule has 0 aromatic heterocycles. The normalized spacial score (nSPS) is 12.7. The summed E-state index contributed by atoms with van der Waals surface area (Å²) in [6, 6.07) is 0. The van der Waals surface area contributed by atoms with Gasteiger partial charge in [-0.2, -0.15) is 8.42 Å². The van der Waals surface area contributed by atoms with Crippen molar-refractivity contribution < 1.29 is 17.4 Å². The lowest BCUT2D eigenvalue weighted by Gasteiger charge is -2.02. The molecule has 5 heteroatoms. The van der Waals surface area contributed by atoms with Gasteiger partial charge in [0.2, 0.25) is 0 Å². The highest BCUT2D eigenvalue weighted by atomic mass is 32.2. The molecule has 76 valence electrons. The van der Waals surface area contributed by atoms with Gasteiger partial charge in [-0.25, -0.2) is 4.79 Å². The fourth-order valence-electron chi connectivity index (χ4n) is 0.629. The second kappa shape index (κ2) is 5.01. The van der Waals surface area contributed by atoms with Crippen LogP contribution in [0.4, 0.5) is 0 Å². The van der Waals surface area contributed by atoms with Crippen LogP contribution in [0, 0.1) is 0 Å². The molecular formula is C8H14O4S. The zero-order valence-corrected chi connectivity index (χ0v) is 8.85. The summed E-state index contributed by atoms with van der Waals surface area (Å²) in [5.74, 6) is -0.985. The van der Waals surface area contributed by atoms with Crippen LogP contribution < -0.4 is 0 Å². The summed E-state index contributed by atoms with van der Waals surface area (Å²) in [4.78, 5) is 11.0. The summed E-state index contributed by atoms with van der Waals surface area (Å²) in [5, 5.41) is 0. The number of rotatable bonds is 4. The third kappa shape index (κ3) is 4.67. The Morgan fingerprint density at radius 3 is 2.31 bits per heavy atom. The topological polar surface area (TPSA) is 60.4 Å². The van der Waals surface area contributed by atoms with E-state index in [4.69, 9.17) is 0 Å². The fraction of sp³-hybridized carbons (Fsp3) is 0.625. The SMILES string of the molecule is CC/C=C(\C)C(=O)OS(=O)(=O)CC. The molecule has 0 fully saturated rings. The zero-order chi connectivity index (χ0) is 10.5. The quantitative estimate of drug-likeness (QED) is 0.513. The van der Waals surface area contributed by atoms with E-state index in [0.29, 0.717) is 12.0 Å². The molecule has 0 aromatic carbocycles. The number of allylic oxidation sites excluding steroid dienone is 1. The Morgan fingerprint density at radius 1 is 1.38 bits per heavy atom. The molecule has 0 atom stereocenters. The third-order valence-corrected chi connectivity index (χ3v) is 2.50. The average Bonchev–Trinajstić information content (AvgIpc) is 2.04. The van der Waals surface area contributed by atoms with Gasteiger partial charge in [-0.05, 0) is 20.3 Å². The van der Waals surface area contributed by atoms with Crippen molar-refractivity contribution in [3.05, 3.63) is 11.6 Å². The highest BCUT2D eigenvalue weighted by Gasteiger charge is 2.15. The highest BCUT2D eigenvalue weighted by molar-refractivity contribution is 7.87. The molecule has 0 aliphatic heterocycles. The lowest BCUT2D eigenvalue weighted by atomic mass is 10.2. The summed E-state index contributed by atoms with van der Waals surface area (Å²) in [6.07, 6.45) is 2.29. The number of hydrogen-bond acceptors (Lipinski definition) is 4. The van der Waals surface area contributed by atoms with Crippen LogP contribution in [0.15, 0.2) is 11.6 Å². The van der Waals surface area contributed by atoms with Gasteiger partial charge in [0, 0.05) is 5.57 Å². The predicted molar refractivity (Wildman–Crippen MR) is 49.6 cm³/mol. The van der Waals surface area contributed by atoms with Crippen molar-refractivity contribution in [1.29, 1.82) is 0 Å². The van der Waals surface area contributed by atoms with Crippen LogP contribution in [0.1, 0.15) is 27.2 Å². The van der Waals surface area contributed by atoms with E-state index < -0.39 is 16.1 Å². The second-order valence-electron chi connectivity index (χ2n) is 2.51. The highest BCUT2D eigenvalue weighted by Crippen LogP contribution is 2.02. The van der Waals surface area contributed by atoms with Crippen molar-refractivity contribution in [3.63, 3.8) is 0 Å². The van der Waals surface area contributed by atoms with Gasteiger partial charge >= 0.3 is 16.1 Å². The number of carbonyl (C=O) groups is 1. The van der Waals surface area contributed by atoms with Gasteiger partial charge in [-0.1, -0.05) is 13.0 Å². The molecular weight excluding hydrogens is 192 g/mol. The first-order valence-electron chi connectivity index (χ1n) is 4.06. The fourth-order valence-corrected chi connectivity index (χ4v) is 1.11. The summed E-state index contributed by atoms with van der Waals surface area (Å²) >= 11 is 0. The van der Waals surface area contributed by atoms with Gasteiger partial charge in [0.1, 0.15) is 0 Å². The minimum absolute atomic E-state index is 0.196. The first-order valence-corrected chi connectivity index (χ1v) is 5.64. The molecule has 0 bridgehead atoms.